The van der Waals surface area contributed by atoms with Crippen molar-refractivity contribution in [2.24, 2.45) is 4.99 Å². The van der Waals surface area contributed by atoms with Gasteiger partial charge in [0.25, 0.3) is 5.95 Å². The summed E-state index contributed by atoms with van der Waals surface area (Å²) in [7, 11) is 3.71. The van der Waals surface area contributed by atoms with E-state index in [-0.39, 0.29) is 23.4 Å². The van der Waals surface area contributed by atoms with E-state index in [0.29, 0.717) is 17.6 Å². The Morgan fingerprint density at radius 3 is 2.96 bits per heavy atom. The highest BCUT2D eigenvalue weighted by Gasteiger charge is 2.34. The normalized spacial score (nSPS) is 24.8. The fraction of sp³-hybridized carbons (Fsp3) is 0.571. The summed E-state index contributed by atoms with van der Waals surface area (Å²) in [5.74, 6) is 0.253. The minimum absolute atomic E-state index is 0.180. The number of aliphatic hydroxyl groups is 1. The van der Waals surface area contributed by atoms with E-state index in [1.165, 1.54) is 0 Å². The average molecular weight is 339 g/mol. The van der Waals surface area contributed by atoms with Gasteiger partial charge in [-0.3, -0.25) is 4.57 Å². The van der Waals surface area contributed by atoms with Crippen molar-refractivity contribution in [2.45, 2.75) is 38.2 Å². The smallest absolute Gasteiger partial charge is 0.254 e. The molecule has 124 valence electrons. The van der Waals surface area contributed by atoms with E-state index in [2.05, 4.69) is 19.9 Å². The van der Waals surface area contributed by atoms with E-state index < -0.39 is 6.10 Å². The molecule has 23 heavy (non-hydrogen) atoms. The lowest BCUT2D eigenvalue weighted by Gasteiger charge is -2.14. The zero-order valence-electron chi connectivity index (χ0n) is 13.2. The van der Waals surface area contributed by atoms with Gasteiger partial charge >= 0.3 is 0 Å². The predicted molar refractivity (Wildman–Crippen MR) is 87.0 cm³/mol. The zero-order chi connectivity index (χ0) is 16.6. The number of ether oxygens (including phenoxy) is 1. The Morgan fingerprint density at radius 1 is 1.52 bits per heavy atom. The van der Waals surface area contributed by atoms with Gasteiger partial charge in [0, 0.05) is 20.5 Å². The molecule has 0 radical (unpaired) electrons. The molecule has 1 aliphatic heterocycles. The number of aromatic nitrogens is 4. The lowest BCUT2D eigenvalue weighted by atomic mass is 10.1. The highest BCUT2D eigenvalue weighted by Crippen LogP contribution is 2.33. The molecule has 0 aromatic carbocycles. The van der Waals surface area contributed by atoms with Crippen molar-refractivity contribution < 1.29 is 9.84 Å². The van der Waals surface area contributed by atoms with Crippen molar-refractivity contribution >= 4 is 35.1 Å². The SMILES string of the molecule is CCC1OC(n2cnc3c(Cl)nc(/N=C/N(C)C)nc32)CC1O. The van der Waals surface area contributed by atoms with E-state index in [0.717, 1.165) is 6.42 Å². The third-order valence-electron chi connectivity index (χ3n) is 3.69. The van der Waals surface area contributed by atoms with Gasteiger partial charge in [-0.05, 0) is 6.42 Å². The van der Waals surface area contributed by atoms with Gasteiger partial charge in [-0.15, -0.1) is 0 Å². The van der Waals surface area contributed by atoms with E-state index in [1.54, 1.807) is 22.1 Å². The van der Waals surface area contributed by atoms with Gasteiger partial charge in [0.15, 0.2) is 10.8 Å². The first-order valence-electron chi connectivity index (χ1n) is 7.43. The molecule has 0 aliphatic carbocycles. The maximum atomic E-state index is 10.0. The topological polar surface area (TPSA) is 88.7 Å². The highest BCUT2D eigenvalue weighted by atomic mass is 35.5. The van der Waals surface area contributed by atoms with Gasteiger partial charge in [0.2, 0.25) is 0 Å². The van der Waals surface area contributed by atoms with Crippen molar-refractivity contribution in [2.75, 3.05) is 14.1 Å². The minimum Gasteiger partial charge on any atom is -0.390 e. The van der Waals surface area contributed by atoms with Gasteiger partial charge in [-0.1, -0.05) is 18.5 Å². The number of hydrogen-bond acceptors (Lipinski definition) is 6. The second-order valence-corrected chi connectivity index (χ2v) is 6.05. The van der Waals surface area contributed by atoms with Crippen LogP contribution in [-0.4, -0.2) is 62.2 Å². The molecule has 1 N–H and O–H groups in total. The van der Waals surface area contributed by atoms with E-state index in [9.17, 15) is 5.11 Å². The summed E-state index contributed by atoms with van der Waals surface area (Å²) >= 11 is 6.18. The van der Waals surface area contributed by atoms with Crippen LogP contribution in [0, 0.1) is 0 Å². The van der Waals surface area contributed by atoms with Crippen LogP contribution in [0.3, 0.4) is 0 Å². The Kier molecular flexibility index (Phi) is 4.47. The van der Waals surface area contributed by atoms with Crippen molar-refractivity contribution in [3.63, 3.8) is 0 Å². The van der Waals surface area contributed by atoms with Crippen LogP contribution >= 0.6 is 11.6 Å². The van der Waals surface area contributed by atoms with Gasteiger partial charge in [0.05, 0.1) is 24.9 Å². The number of halogens is 1. The van der Waals surface area contributed by atoms with Crippen molar-refractivity contribution in [3.8, 4) is 0 Å². The number of hydrogen-bond donors (Lipinski definition) is 1. The molecule has 0 amide bonds. The minimum atomic E-state index is -0.494. The molecule has 0 bridgehead atoms. The van der Waals surface area contributed by atoms with Crippen molar-refractivity contribution in [1.82, 2.24) is 24.4 Å². The van der Waals surface area contributed by atoms with Crippen molar-refractivity contribution in [1.29, 1.82) is 0 Å². The van der Waals surface area contributed by atoms with Crippen LogP contribution in [0.15, 0.2) is 11.3 Å². The Bertz CT molecular complexity index is 731. The molecule has 2 aromatic rings. The van der Waals surface area contributed by atoms with Crippen LogP contribution < -0.4 is 0 Å². The molecule has 0 saturated carbocycles. The quantitative estimate of drug-likeness (QED) is 0.519. The summed E-state index contributed by atoms with van der Waals surface area (Å²) in [5, 5.41) is 10.3. The Morgan fingerprint density at radius 2 is 2.30 bits per heavy atom. The van der Waals surface area contributed by atoms with Gasteiger partial charge in [0.1, 0.15) is 11.7 Å². The maximum Gasteiger partial charge on any atom is 0.254 e. The van der Waals surface area contributed by atoms with Gasteiger partial charge < -0.3 is 14.7 Å². The summed E-state index contributed by atoms with van der Waals surface area (Å²) < 4.78 is 7.65. The monoisotopic (exact) mass is 338 g/mol. The molecular weight excluding hydrogens is 320 g/mol. The molecule has 3 rings (SSSR count). The standard InChI is InChI=1S/C14H19ClN6O2/c1-4-9-8(22)5-10(23-9)21-7-16-11-12(15)18-14(19-13(11)21)17-6-20(2)3/h6-10,22H,4-5H2,1-3H3/b17-6+. The van der Waals surface area contributed by atoms with Crippen LogP contribution in [-0.2, 0) is 4.74 Å². The van der Waals surface area contributed by atoms with Crippen LogP contribution in [0.5, 0.6) is 0 Å². The van der Waals surface area contributed by atoms with Crippen LogP contribution in [0.4, 0.5) is 5.95 Å². The number of fused-ring (bicyclic) bond motifs is 1. The third kappa shape index (κ3) is 3.15. The molecule has 3 heterocycles. The molecule has 1 aliphatic rings. The summed E-state index contributed by atoms with van der Waals surface area (Å²) in [6.07, 6.45) is 3.45. The predicted octanol–water partition coefficient (Wildman–Crippen LogP) is 1.76. The molecule has 1 saturated heterocycles. The number of aliphatic imine (C=N–C) groups is 1. The Balaban J connectivity index is 1.99. The van der Waals surface area contributed by atoms with E-state index in [1.807, 2.05) is 21.0 Å². The second kappa shape index (κ2) is 6.38. The summed E-state index contributed by atoms with van der Waals surface area (Å²) in [6.45, 7) is 1.98. The van der Waals surface area contributed by atoms with Crippen LogP contribution in [0.2, 0.25) is 5.15 Å². The second-order valence-electron chi connectivity index (χ2n) is 5.69. The molecule has 9 heteroatoms. The first-order chi connectivity index (χ1) is 11.0. The number of aliphatic hydroxyl groups excluding tert-OH is 1. The molecule has 3 unspecified atom stereocenters. The molecule has 8 nitrogen and oxygen atoms in total. The maximum absolute atomic E-state index is 10.0. The first-order valence-corrected chi connectivity index (χ1v) is 7.81. The van der Waals surface area contributed by atoms with Gasteiger partial charge in [-0.2, -0.15) is 9.97 Å². The molecular formula is C14H19ClN6O2. The lowest BCUT2D eigenvalue weighted by Crippen LogP contribution is -2.19. The van der Waals surface area contributed by atoms with Crippen LogP contribution in [0.25, 0.3) is 11.2 Å². The molecule has 1 fully saturated rings. The molecule has 0 spiro atoms. The Labute approximate surface area is 138 Å². The first kappa shape index (κ1) is 16.1. The summed E-state index contributed by atoms with van der Waals surface area (Å²) in [6, 6.07) is 0. The third-order valence-corrected chi connectivity index (χ3v) is 3.95. The largest absolute Gasteiger partial charge is 0.390 e. The fourth-order valence-electron chi connectivity index (χ4n) is 2.56. The van der Waals surface area contributed by atoms with Crippen LogP contribution in [0.1, 0.15) is 26.0 Å². The Hall–Kier alpha value is -1.77. The van der Waals surface area contributed by atoms with Crippen molar-refractivity contribution in [3.05, 3.63) is 11.5 Å². The lowest BCUT2D eigenvalue weighted by molar-refractivity contribution is -0.0183. The molecule has 3 atom stereocenters. The van der Waals surface area contributed by atoms with E-state index >= 15 is 0 Å². The number of imidazole rings is 1. The number of rotatable bonds is 4. The molecule has 2 aromatic heterocycles. The highest BCUT2D eigenvalue weighted by molar-refractivity contribution is 6.33. The number of nitrogens with zero attached hydrogens (tertiary/aromatic N) is 6. The average Bonchev–Trinajstić information content (AvgIpc) is 3.08. The van der Waals surface area contributed by atoms with E-state index in [4.69, 9.17) is 16.3 Å². The zero-order valence-corrected chi connectivity index (χ0v) is 14.0. The fourth-order valence-corrected chi connectivity index (χ4v) is 2.77. The van der Waals surface area contributed by atoms with Gasteiger partial charge in [-0.25, -0.2) is 9.98 Å². The summed E-state index contributed by atoms with van der Waals surface area (Å²) in [4.78, 5) is 18.7. The summed E-state index contributed by atoms with van der Waals surface area (Å²) in [5.41, 5.74) is 1.04.